The lowest BCUT2D eigenvalue weighted by atomic mass is 9.77. The van der Waals surface area contributed by atoms with Crippen LogP contribution in [-0.4, -0.2) is 72.8 Å². The van der Waals surface area contributed by atoms with E-state index in [9.17, 15) is 4.79 Å². The van der Waals surface area contributed by atoms with Crippen molar-refractivity contribution in [3.8, 4) is 5.75 Å². The number of carbonyl (C=O) groups excluding carboxylic acids is 1. The Labute approximate surface area is 209 Å². The summed E-state index contributed by atoms with van der Waals surface area (Å²) in [5.74, 6) is 3.44. The SMILES string of the molecule is COCO[C@@]1(Cc2cc(OC3CCCCCC3)ccn2)C(=O)N(COC)[C@H]1CCSCC(C)C. The number of aromatic nitrogens is 1. The van der Waals surface area contributed by atoms with Crippen molar-refractivity contribution in [3.05, 3.63) is 24.0 Å². The molecule has 0 aromatic carbocycles. The molecule has 34 heavy (non-hydrogen) atoms. The maximum atomic E-state index is 13.4. The van der Waals surface area contributed by atoms with E-state index in [0.29, 0.717) is 12.3 Å². The number of thioether (sulfide) groups is 1. The van der Waals surface area contributed by atoms with Crippen molar-refractivity contribution in [1.29, 1.82) is 0 Å². The van der Waals surface area contributed by atoms with Gasteiger partial charge in [0.1, 0.15) is 19.3 Å². The normalized spacial score (nSPS) is 23.7. The van der Waals surface area contributed by atoms with E-state index in [4.69, 9.17) is 18.9 Å². The van der Waals surface area contributed by atoms with E-state index in [-0.39, 0.29) is 31.6 Å². The molecule has 1 aromatic rings. The van der Waals surface area contributed by atoms with Crippen LogP contribution < -0.4 is 4.74 Å². The largest absolute Gasteiger partial charge is 0.490 e. The van der Waals surface area contributed by atoms with Gasteiger partial charge in [-0.25, -0.2) is 0 Å². The van der Waals surface area contributed by atoms with Crippen LogP contribution in [0, 0.1) is 5.92 Å². The minimum atomic E-state index is -0.999. The Hall–Kier alpha value is -1.35. The molecule has 1 aliphatic heterocycles. The third-order valence-corrected chi connectivity index (χ3v) is 7.99. The summed E-state index contributed by atoms with van der Waals surface area (Å²) in [6.07, 6.45) is 10.5. The molecule has 2 aliphatic rings. The Morgan fingerprint density at radius 2 is 1.94 bits per heavy atom. The Morgan fingerprint density at radius 1 is 1.18 bits per heavy atom. The van der Waals surface area contributed by atoms with E-state index < -0.39 is 5.60 Å². The number of hydrogen-bond acceptors (Lipinski definition) is 7. The number of β-lactam (4-membered cyclic amide) rings is 1. The molecule has 3 rings (SSSR count). The van der Waals surface area contributed by atoms with Crippen molar-refractivity contribution in [3.63, 3.8) is 0 Å². The Kier molecular flexibility index (Phi) is 10.9. The molecule has 7 nitrogen and oxygen atoms in total. The highest BCUT2D eigenvalue weighted by molar-refractivity contribution is 7.99. The van der Waals surface area contributed by atoms with Gasteiger partial charge >= 0.3 is 0 Å². The van der Waals surface area contributed by atoms with Gasteiger partial charge in [0, 0.05) is 38.6 Å². The van der Waals surface area contributed by atoms with Crippen LogP contribution in [0.25, 0.3) is 0 Å². The van der Waals surface area contributed by atoms with Gasteiger partial charge < -0.3 is 23.8 Å². The van der Waals surface area contributed by atoms with Crippen molar-refractivity contribution < 1.29 is 23.7 Å². The number of hydrogen-bond donors (Lipinski definition) is 0. The molecule has 192 valence electrons. The van der Waals surface area contributed by atoms with Crippen LogP contribution in [0.15, 0.2) is 18.3 Å². The van der Waals surface area contributed by atoms with Crippen LogP contribution in [-0.2, 0) is 25.4 Å². The number of pyridine rings is 1. The summed E-state index contributed by atoms with van der Waals surface area (Å²) in [6.45, 7) is 4.76. The van der Waals surface area contributed by atoms with Crippen LogP contribution in [0.3, 0.4) is 0 Å². The first-order valence-corrected chi connectivity index (χ1v) is 13.8. The highest BCUT2D eigenvalue weighted by atomic mass is 32.2. The summed E-state index contributed by atoms with van der Waals surface area (Å²) in [4.78, 5) is 19.7. The van der Waals surface area contributed by atoms with Gasteiger partial charge in [-0.2, -0.15) is 11.8 Å². The van der Waals surface area contributed by atoms with Crippen LogP contribution in [0.5, 0.6) is 5.75 Å². The highest BCUT2D eigenvalue weighted by Crippen LogP contribution is 2.40. The molecule has 8 heteroatoms. The minimum absolute atomic E-state index is 0.0560. The average Bonchev–Trinajstić information content (AvgIpc) is 3.09. The third kappa shape index (κ3) is 7.09. The zero-order valence-corrected chi connectivity index (χ0v) is 22.1. The number of rotatable bonds is 14. The molecule has 0 spiro atoms. The fourth-order valence-corrected chi connectivity index (χ4v) is 5.95. The number of ether oxygens (including phenoxy) is 4. The van der Waals surface area contributed by atoms with E-state index >= 15 is 0 Å². The quantitative estimate of drug-likeness (QED) is 0.161. The first-order chi connectivity index (χ1) is 16.5. The van der Waals surface area contributed by atoms with Crippen LogP contribution >= 0.6 is 11.8 Å². The van der Waals surface area contributed by atoms with Gasteiger partial charge in [0.25, 0.3) is 5.91 Å². The lowest BCUT2D eigenvalue weighted by Gasteiger charge is -2.55. The van der Waals surface area contributed by atoms with Crippen molar-refractivity contribution in [2.75, 3.05) is 39.2 Å². The van der Waals surface area contributed by atoms with E-state index in [1.807, 2.05) is 23.9 Å². The first-order valence-electron chi connectivity index (χ1n) is 12.6. The molecular weight excluding hydrogens is 452 g/mol. The zero-order valence-electron chi connectivity index (χ0n) is 21.3. The number of carbonyl (C=O) groups is 1. The lowest BCUT2D eigenvalue weighted by molar-refractivity contribution is -0.233. The second-order valence-corrected chi connectivity index (χ2v) is 10.9. The molecule has 1 amide bonds. The molecule has 2 fully saturated rings. The number of nitrogens with zero attached hydrogens (tertiary/aromatic N) is 2. The molecule has 0 bridgehead atoms. The van der Waals surface area contributed by atoms with E-state index in [1.165, 1.54) is 25.7 Å². The molecule has 1 saturated carbocycles. The van der Waals surface area contributed by atoms with Gasteiger partial charge in [0.15, 0.2) is 5.60 Å². The Morgan fingerprint density at radius 3 is 2.62 bits per heavy atom. The fourth-order valence-electron chi connectivity index (χ4n) is 4.92. The Balaban J connectivity index is 1.75. The summed E-state index contributed by atoms with van der Waals surface area (Å²) in [7, 11) is 3.19. The molecule has 1 aliphatic carbocycles. The van der Waals surface area contributed by atoms with Crippen LogP contribution in [0.2, 0.25) is 0 Å². The second-order valence-electron chi connectivity index (χ2n) is 9.80. The van der Waals surface area contributed by atoms with Gasteiger partial charge in [0.2, 0.25) is 0 Å². The van der Waals surface area contributed by atoms with Crippen LogP contribution in [0.4, 0.5) is 0 Å². The highest BCUT2D eigenvalue weighted by Gasteiger charge is 2.61. The molecule has 2 heterocycles. The summed E-state index contributed by atoms with van der Waals surface area (Å²) >= 11 is 1.91. The van der Waals surface area contributed by atoms with Crippen molar-refractivity contribution in [1.82, 2.24) is 9.88 Å². The number of likely N-dealkylation sites (tertiary alicyclic amines) is 1. The molecule has 0 unspecified atom stereocenters. The number of amides is 1. The predicted molar refractivity (Wildman–Crippen MR) is 135 cm³/mol. The molecule has 1 aromatic heterocycles. The van der Waals surface area contributed by atoms with Crippen molar-refractivity contribution in [2.45, 2.75) is 83.0 Å². The maximum Gasteiger partial charge on any atom is 0.259 e. The minimum Gasteiger partial charge on any atom is -0.490 e. The van der Waals surface area contributed by atoms with Gasteiger partial charge in [0.05, 0.1) is 12.1 Å². The summed E-state index contributed by atoms with van der Waals surface area (Å²) in [6, 6.07) is 3.79. The van der Waals surface area contributed by atoms with Gasteiger partial charge in [-0.05, 0) is 55.6 Å². The maximum absolute atomic E-state index is 13.4. The lowest BCUT2D eigenvalue weighted by Crippen LogP contribution is -2.76. The van der Waals surface area contributed by atoms with Gasteiger partial charge in [-0.15, -0.1) is 0 Å². The molecular formula is C26H42N2O5S. The van der Waals surface area contributed by atoms with Crippen molar-refractivity contribution in [2.24, 2.45) is 5.92 Å². The summed E-state index contributed by atoms with van der Waals surface area (Å²) in [5.41, 5.74) is -0.201. The molecule has 0 radical (unpaired) electrons. The average molecular weight is 495 g/mol. The van der Waals surface area contributed by atoms with E-state index in [1.54, 1.807) is 25.3 Å². The smallest absolute Gasteiger partial charge is 0.259 e. The van der Waals surface area contributed by atoms with Crippen molar-refractivity contribution >= 4 is 17.7 Å². The van der Waals surface area contributed by atoms with E-state index in [0.717, 1.165) is 42.2 Å². The summed E-state index contributed by atoms with van der Waals surface area (Å²) < 4.78 is 23.0. The number of methoxy groups -OCH3 is 2. The molecule has 0 N–H and O–H groups in total. The van der Waals surface area contributed by atoms with Crippen LogP contribution in [0.1, 0.15) is 64.5 Å². The Bertz CT molecular complexity index is 756. The van der Waals surface area contributed by atoms with Gasteiger partial charge in [-0.1, -0.05) is 26.7 Å². The standard InChI is InChI=1S/C26H42N2O5S/c1-20(2)17-34-14-12-24-26(32-19-31-4,25(29)28(24)18-30-3)16-21-15-23(11-13-27-21)33-22-9-7-5-6-8-10-22/h11,13,15,20,22,24H,5-10,12,14,16-19H2,1-4H3/t24-,26+/m0/s1. The molecule has 2 atom stereocenters. The monoisotopic (exact) mass is 494 g/mol. The molecule has 1 saturated heterocycles. The first kappa shape index (κ1) is 27.2. The van der Waals surface area contributed by atoms with E-state index in [2.05, 4.69) is 18.8 Å². The summed E-state index contributed by atoms with van der Waals surface area (Å²) in [5, 5.41) is 0. The zero-order chi connectivity index (χ0) is 24.4. The topological polar surface area (TPSA) is 70.1 Å². The van der Waals surface area contributed by atoms with Gasteiger partial charge in [-0.3, -0.25) is 9.78 Å². The third-order valence-electron chi connectivity index (χ3n) is 6.56. The predicted octanol–water partition coefficient (Wildman–Crippen LogP) is 4.68. The second kappa shape index (κ2) is 13.7. The fraction of sp³-hybridized carbons (Fsp3) is 0.769.